The van der Waals surface area contributed by atoms with E-state index in [0.29, 0.717) is 21.7 Å². The van der Waals surface area contributed by atoms with Gasteiger partial charge in [0.2, 0.25) is 0 Å². The van der Waals surface area contributed by atoms with Gasteiger partial charge in [0.25, 0.3) is 5.91 Å². The molecule has 2 rings (SSSR count). The van der Waals surface area contributed by atoms with Gasteiger partial charge in [0.05, 0.1) is 25.3 Å². The van der Waals surface area contributed by atoms with Crippen LogP contribution in [-0.2, 0) is 14.3 Å². The fourth-order valence-corrected chi connectivity index (χ4v) is 3.22. The lowest BCUT2D eigenvalue weighted by Crippen LogP contribution is -2.17. The van der Waals surface area contributed by atoms with Crippen molar-refractivity contribution in [1.82, 2.24) is 0 Å². The molecule has 0 saturated heterocycles. The predicted molar refractivity (Wildman–Crippen MR) is 99.5 cm³/mol. The first kappa shape index (κ1) is 19.5. The molecule has 1 amide bonds. The van der Waals surface area contributed by atoms with Crippen LogP contribution in [0.15, 0.2) is 53.4 Å². The Morgan fingerprint density at radius 2 is 1.73 bits per heavy atom. The number of carbonyl (C=O) groups excluding carboxylic acids is 3. The summed E-state index contributed by atoms with van der Waals surface area (Å²) in [6, 6.07) is 13.4. The molecule has 7 heteroatoms. The number of nitrogens with one attached hydrogen (secondary N) is 1. The Kier molecular flexibility index (Phi) is 6.80. The van der Waals surface area contributed by atoms with Crippen LogP contribution < -0.4 is 5.32 Å². The number of hydrogen-bond acceptors (Lipinski definition) is 6. The molecule has 1 N–H and O–H groups in total. The quantitative estimate of drug-likeness (QED) is 0.617. The Morgan fingerprint density at radius 1 is 1.00 bits per heavy atom. The largest absolute Gasteiger partial charge is 0.468 e. The highest BCUT2D eigenvalue weighted by atomic mass is 32.2. The van der Waals surface area contributed by atoms with Crippen molar-refractivity contribution in [3.05, 3.63) is 59.7 Å². The first-order valence-corrected chi connectivity index (χ1v) is 8.67. The third-order valence-corrected chi connectivity index (χ3v) is 4.67. The number of thioether (sulfide) groups is 1. The maximum absolute atomic E-state index is 12.6. The maximum Gasteiger partial charge on any atom is 0.337 e. The molecular formula is C19H19NO5S. The second-order valence-electron chi connectivity index (χ2n) is 5.31. The zero-order chi connectivity index (χ0) is 19.1. The number of anilines is 1. The summed E-state index contributed by atoms with van der Waals surface area (Å²) in [7, 11) is 2.62. The predicted octanol–water partition coefficient (Wildman–Crippen LogP) is 3.38. The SMILES string of the molecule is COC(=O)c1cccc(NC(=O)c2ccccc2S[C@H](C)C(=O)OC)c1. The third kappa shape index (κ3) is 4.86. The molecule has 0 unspecified atom stereocenters. The van der Waals surface area contributed by atoms with Gasteiger partial charge in [0, 0.05) is 10.6 Å². The Labute approximate surface area is 155 Å². The monoisotopic (exact) mass is 373 g/mol. The number of amides is 1. The fourth-order valence-electron chi connectivity index (χ4n) is 2.20. The molecule has 0 bridgehead atoms. The summed E-state index contributed by atoms with van der Waals surface area (Å²) in [4.78, 5) is 36.5. The summed E-state index contributed by atoms with van der Waals surface area (Å²) < 4.78 is 9.40. The topological polar surface area (TPSA) is 81.7 Å². The summed E-state index contributed by atoms with van der Waals surface area (Å²) in [5.41, 5.74) is 1.24. The van der Waals surface area contributed by atoms with E-state index >= 15 is 0 Å². The van der Waals surface area contributed by atoms with Crippen molar-refractivity contribution in [2.24, 2.45) is 0 Å². The fraction of sp³-hybridized carbons (Fsp3) is 0.211. The van der Waals surface area contributed by atoms with Crippen molar-refractivity contribution in [2.75, 3.05) is 19.5 Å². The molecule has 0 aromatic heterocycles. The molecule has 0 saturated carbocycles. The summed E-state index contributed by atoms with van der Waals surface area (Å²) >= 11 is 1.24. The minimum atomic E-state index is -0.482. The molecule has 2 aromatic rings. The van der Waals surface area contributed by atoms with Gasteiger partial charge in [-0.1, -0.05) is 18.2 Å². The van der Waals surface area contributed by atoms with E-state index in [2.05, 4.69) is 10.1 Å². The average Bonchev–Trinajstić information content (AvgIpc) is 2.67. The second-order valence-corrected chi connectivity index (χ2v) is 6.69. The van der Waals surface area contributed by atoms with E-state index in [1.807, 2.05) is 0 Å². The van der Waals surface area contributed by atoms with E-state index in [1.54, 1.807) is 49.4 Å². The van der Waals surface area contributed by atoms with E-state index in [9.17, 15) is 14.4 Å². The summed E-state index contributed by atoms with van der Waals surface area (Å²) in [6.07, 6.45) is 0. The number of esters is 2. The summed E-state index contributed by atoms with van der Waals surface area (Å²) in [5.74, 6) is -1.19. The molecule has 0 spiro atoms. The highest BCUT2D eigenvalue weighted by molar-refractivity contribution is 8.00. The number of benzene rings is 2. The van der Waals surface area contributed by atoms with Crippen LogP contribution in [0.25, 0.3) is 0 Å². The summed E-state index contributed by atoms with van der Waals surface area (Å²) in [6.45, 7) is 1.71. The molecule has 2 aromatic carbocycles. The maximum atomic E-state index is 12.6. The van der Waals surface area contributed by atoms with Gasteiger partial charge < -0.3 is 14.8 Å². The Morgan fingerprint density at radius 3 is 2.42 bits per heavy atom. The Balaban J connectivity index is 2.20. The van der Waals surface area contributed by atoms with Crippen molar-refractivity contribution in [1.29, 1.82) is 0 Å². The lowest BCUT2D eigenvalue weighted by molar-refractivity contribution is -0.139. The van der Waals surface area contributed by atoms with Gasteiger partial charge in [-0.2, -0.15) is 0 Å². The first-order chi connectivity index (χ1) is 12.5. The van der Waals surface area contributed by atoms with Gasteiger partial charge in [0.1, 0.15) is 5.25 Å². The molecule has 0 heterocycles. The normalized spacial score (nSPS) is 11.3. The number of rotatable bonds is 6. The van der Waals surface area contributed by atoms with Crippen LogP contribution in [0.3, 0.4) is 0 Å². The van der Waals surface area contributed by atoms with Gasteiger partial charge in [-0.25, -0.2) is 4.79 Å². The van der Waals surface area contributed by atoms with Gasteiger partial charge in [-0.15, -0.1) is 11.8 Å². The third-order valence-electron chi connectivity index (χ3n) is 3.51. The van der Waals surface area contributed by atoms with Crippen LogP contribution in [0.4, 0.5) is 5.69 Å². The highest BCUT2D eigenvalue weighted by Crippen LogP contribution is 2.28. The van der Waals surface area contributed by atoms with Gasteiger partial charge >= 0.3 is 11.9 Å². The van der Waals surface area contributed by atoms with E-state index in [4.69, 9.17) is 4.74 Å². The zero-order valence-corrected chi connectivity index (χ0v) is 15.5. The molecule has 6 nitrogen and oxygen atoms in total. The number of methoxy groups -OCH3 is 2. The standard InChI is InChI=1S/C19H19NO5S/c1-12(18(22)24-2)26-16-10-5-4-9-15(16)17(21)20-14-8-6-7-13(11-14)19(23)25-3/h4-12H,1-3H3,(H,20,21)/t12-/m1/s1. The zero-order valence-electron chi connectivity index (χ0n) is 14.6. The number of hydrogen-bond donors (Lipinski definition) is 1. The molecule has 0 aliphatic heterocycles. The lowest BCUT2D eigenvalue weighted by atomic mass is 10.1. The van der Waals surface area contributed by atoms with Gasteiger partial charge in [-0.05, 0) is 37.3 Å². The molecule has 0 aliphatic carbocycles. The molecular weight excluding hydrogens is 354 g/mol. The number of carbonyl (C=O) groups is 3. The van der Waals surface area contributed by atoms with Crippen LogP contribution >= 0.6 is 11.8 Å². The molecule has 0 radical (unpaired) electrons. The van der Waals surface area contributed by atoms with Crippen LogP contribution in [-0.4, -0.2) is 37.3 Å². The smallest absolute Gasteiger partial charge is 0.337 e. The molecule has 0 fully saturated rings. The lowest BCUT2D eigenvalue weighted by Gasteiger charge is -2.13. The Bertz CT molecular complexity index is 821. The molecule has 0 aliphatic rings. The van der Waals surface area contributed by atoms with Gasteiger partial charge in [0.15, 0.2) is 0 Å². The highest BCUT2D eigenvalue weighted by Gasteiger charge is 2.19. The Hall–Kier alpha value is -2.80. The van der Waals surface area contributed by atoms with Crippen LogP contribution in [0, 0.1) is 0 Å². The van der Waals surface area contributed by atoms with Crippen LogP contribution in [0.1, 0.15) is 27.6 Å². The second kappa shape index (κ2) is 9.05. The number of ether oxygens (including phenoxy) is 2. The van der Waals surface area contributed by atoms with Crippen LogP contribution in [0.5, 0.6) is 0 Å². The van der Waals surface area contributed by atoms with Crippen molar-refractivity contribution in [3.8, 4) is 0 Å². The van der Waals surface area contributed by atoms with E-state index in [-0.39, 0.29) is 11.9 Å². The van der Waals surface area contributed by atoms with Crippen molar-refractivity contribution < 1.29 is 23.9 Å². The van der Waals surface area contributed by atoms with Crippen molar-refractivity contribution in [3.63, 3.8) is 0 Å². The van der Waals surface area contributed by atoms with E-state index in [0.717, 1.165) is 0 Å². The average molecular weight is 373 g/mol. The molecule has 136 valence electrons. The van der Waals surface area contributed by atoms with Gasteiger partial charge in [-0.3, -0.25) is 9.59 Å². The van der Waals surface area contributed by atoms with E-state index < -0.39 is 11.2 Å². The van der Waals surface area contributed by atoms with E-state index in [1.165, 1.54) is 32.0 Å². The van der Waals surface area contributed by atoms with Crippen molar-refractivity contribution in [2.45, 2.75) is 17.1 Å². The van der Waals surface area contributed by atoms with Crippen molar-refractivity contribution >= 4 is 35.3 Å². The minimum absolute atomic E-state index is 0.340. The minimum Gasteiger partial charge on any atom is -0.468 e. The summed E-state index contributed by atoms with van der Waals surface area (Å²) in [5, 5.41) is 2.31. The first-order valence-electron chi connectivity index (χ1n) is 7.79. The molecule has 1 atom stereocenters. The molecule has 26 heavy (non-hydrogen) atoms. The van der Waals surface area contributed by atoms with Crippen LogP contribution in [0.2, 0.25) is 0 Å².